The highest BCUT2D eigenvalue weighted by Gasteiger charge is 2.27. The molecule has 0 saturated carbocycles. The molecule has 0 spiro atoms. The van der Waals surface area contributed by atoms with Crippen molar-refractivity contribution in [3.05, 3.63) is 40.7 Å². The van der Waals surface area contributed by atoms with E-state index in [4.69, 9.17) is 19.6 Å². The number of aliphatic hydroxyl groups excluding tert-OH is 1. The smallest absolute Gasteiger partial charge is 0.165 e. The Morgan fingerprint density at radius 3 is 2.76 bits per heavy atom. The molecular weight excluding hydrogens is 368 g/mol. The summed E-state index contributed by atoms with van der Waals surface area (Å²) >= 11 is 0. The van der Waals surface area contributed by atoms with Crippen LogP contribution in [0.1, 0.15) is 35.9 Å². The number of rotatable bonds is 7. The number of nitrogens with zero attached hydrogens (tertiary/aromatic N) is 4. The molecular formula is C22H28N4O3. The fraction of sp³-hybridized carbons (Fsp3) is 0.455. The molecule has 0 atom stereocenters. The van der Waals surface area contributed by atoms with E-state index in [-0.39, 0.29) is 6.61 Å². The normalized spacial score (nSPS) is 13.1. The third-order valence-electron chi connectivity index (χ3n) is 5.45. The van der Waals surface area contributed by atoms with E-state index in [1.165, 1.54) is 0 Å². The number of fused-ring (bicyclic) bond motifs is 2. The molecule has 3 heterocycles. The summed E-state index contributed by atoms with van der Waals surface area (Å²) in [5.41, 5.74) is 7.02. The first-order valence-electron chi connectivity index (χ1n) is 10.1. The zero-order valence-electron chi connectivity index (χ0n) is 17.5. The van der Waals surface area contributed by atoms with Crippen molar-refractivity contribution in [2.45, 2.75) is 40.4 Å². The number of hydrogen-bond donors (Lipinski definition) is 1. The Hall–Kier alpha value is -2.64. The van der Waals surface area contributed by atoms with E-state index in [1.54, 1.807) is 7.11 Å². The molecule has 3 aromatic rings. The molecule has 0 radical (unpaired) electrons. The van der Waals surface area contributed by atoms with E-state index in [0.29, 0.717) is 19.8 Å². The Kier molecular flexibility index (Phi) is 5.43. The van der Waals surface area contributed by atoms with Crippen LogP contribution >= 0.6 is 0 Å². The van der Waals surface area contributed by atoms with Crippen LogP contribution in [0.4, 0.5) is 5.82 Å². The van der Waals surface area contributed by atoms with Gasteiger partial charge in [-0.2, -0.15) is 9.61 Å². The van der Waals surface area contributed by atoms with Gasteiger partial charge in [-0.25, -0.2) is 4.98 Å². The third-order valence-corrected chi connectivity index (χ3v) is 5.45. The topological polar surface area (TPSA) is 72.1 Å². The number of aromatic nitrogens is 3. The lowest BCUT2D eigenvalue weighted by Gasteiger charge is -2.25. The fourth-order valence-corrected chi connectivity index (χ4v) is 4.13. The fourth-order valence-electron chi connectivity index (χ4n) is 4.13. The van der Waals surface area contributed by atoms with Crippen molar-refractivity contribution in [1.29, 1.82) is 0 Å². The van der Waals surface area contributed by atoms with E-state index in [0.717, 1.165) is 63.8 Å². The van der Waals surface area contributed by atoms with Gasteiger partial charge in [-0.1, -0.05) is 13.0 Å². The van der Waals surface area contributed by atoms with Gasteiger partial charge in [0, 0.05) is 24.2 Å². The lowest BCUT2D eigenvalue weighted by atomic mass is 10.0. The Balaban J connectivity index is 1.98. The van der Waals surface area contributed by atoms with Gasteiger partial charge in [-0.15, -0.1) is 0 Å². The van der Waals surface area contributed by atoms with Gasteiger partial charge in [-0.05, 0) is 43.5 Å². The van der Waals surface area contributed by atoms with E-state index in [1.807, 2.05) is 23.6 Å². The predicted octanol–water partition coefficient (Wildman–Crippen LogP) is 3.26. The molecule has 4 rings (SSSR count). The van der Waals surface area contributed by atoms with Crippen molar-refractivity contribution in [1.82, 2.24) is 14.6 Å². The average molecular weight is 396 g/mol. The first-order valence-corrected chi connectivity index (χ1v) is 10.1. The van der Waals surface area contributed by atoms with Crippen LogP contribution in [0.3, 0.4) is 0 Å². The highest BCUT2D eigenvalue weighted by atomic mass is 16.5. The van der Waals surface area contributed by atoms with Gasteiger partial charge in [0.25, 0.3) is 0 Å². The summed E-state index contributed by atoms with van der Waals surface area (Å²) in [6.45, 7) is 8.74. The molecule has 7 heteroatoms. The SMILES string of the molecule is CCCN(CCO)c1c2c(nc3c(-c4ccc(OC)cc4C)c(C)nn13)COC2. The monoisotopic (exact) mass is 396 g/mol. The van der Waals surface area contributed by atoms with E-state index >= 15 is 0 Å². The minimum atomic E-state index is 0.0874. The minimum Gasteiger partial charge on any atom is -0.497 e. The molecule has 0 unspecified atom stereocenters. The second-order valence-electron chi connectivity index (χ2n) is 7.44. The number of methoxy groups -OCH3 is 1. The summed E-state index contributed by atoms with van der Waals surface area (Å²) in [6, 6.07) is 6.07. The third kappa shape index (κ3) is 3.34. The maximum atomic E-state index is 9.64. The molecule has 0 fully saturated rings. The summed E-state index contributed by atoms with van der Waals surface area (Å²) in [5, 5.41) is 14.5. The Bertz CT molecular complexity index is 1040. The molecule has 0 amide bonds. The van der Waals surface area contributed by atoms with Gasteiger partial charge in [0.05, 0.1) is 38.3 Å². The van der Waals surface area contributed by atoms with Gasteiger partial charge in [0.2, 0.25) is 0 Å². The Morgan fingerprint density at radius 1 is 1.24 bits per heavy atom. The van der Waals surface area contributed by atoms with E-state index < -0.39 is 0 Å². The van der Waals surface area contributed by atoms with Crippen molar-refractivity contribution in [2.75, 3.05) is 31.7 Å². The molecule has 1 aliphatic rings. The average Bonchev–Trinajstić information content (AvgIpc) is 3.29. The van der Waals surface area contributed by atoms with Crippen LogP contribution in [0.25, 0.3) is 16.8 Å². The van der Waals surface area contributed by atoms with Crippen LogP contribution in [0.2, 0.25) is 0 Å². The molecule has 154 valence electrons. The Labute approximate surface area is 170 Å². The summed E-state index contributed by atoms with van der Waals surface area (Å²) < 4.78 is 13.0. The van der Waals surface area contributed by atoms with Crippen LogP contribution in [-0.4, -0.2) is 46.5 Å². The van der Waals surface area contributed by atoms with Crippen molar-refractivity contribution < 1.29 is 14.6 Å². The molecule has 0 aliphatic carbocycles. The first-order chi connectivity index (χ1) is 14.1. The van der Waals surface area contributed by atoms with Crippen molar-refractivity contribution in [3.63, 3.8) is 0 Å². The zero-order valence-corrected chi connectivity index (χ0v) is 17.5. The molecule has 7 nitrogen and oxygen atoms in total. The summed E-state index contributed by atoms with van der Waals surface area (Å²) in [5.74, 6) is 1.82. The lowest BCUT2D eigenvalue weighted by Crippen LogP contribution is -2.31. The summed E-state index contributed by atoms with van der Waals surface area (Å²) in [6.07, 6.45) is 0.976. The molecule has 0 saturated heterocycles. The van der Waals surface area contributed by atoms with Crippen molar-refractivity contribution >= 4 is 11.5 Å². The summed E-state index contributed by atoms with van der Waals surface area (Å²) in [4.78, 5) is 7.15. The van der Waals surface area contributed by atoms with Gasteiger partial charge in [-0.3, -0.25) is 0 Å². The van der Waals surface area contributed by atoms with Crippen molar-refractivity contribution in [2.24, 2.45) is 0 Å². The molecule has 29 heavy (non-hydrogen) atoms. The van der Waals surface area contributed by atoms with Crippen LogP contribution in [-0.2, 0) is 18.0 Å². The molecule has 2 aromatic heterocycles. The maximum absolute atomic E-state index is 9.64. The number of benzene rings is 1. The number of anilines is 1. The van der Waals surface area contributed by atoms with Gasteiger partial charge in [0.1, 0.15) is 11.6 Å². The molecule has 1 aromatic carbocycles. The first kappa shape index (κ1) is 19.7. The van der Waals surface area contributed by atoms with Crippen LogP contribution in [0.5, 0.6) is 5.75 Å². The predicted molar refractivity (Wildman–Crippen MR) is 113 cm³/mol. The second-order valence-corrected chi connectivity index (χ2v) is 7.44. The standard InChI is InChI=1S/C22H28N4O3/c1-5-8-25(9-10-27)22-18-12-29-13-19(18)23-21-20(15(3)24-26(21)22)17-7-6-16(28-4)11-14(17)2/h6-7,11,27H,5,8-10,12-13H2,1-4H3. The molecule has 0 bridgehead atoms. The highest BCUT2D eigenvalue weighted by molar-refractivity contribution is 5.83. The van der Waals surface area contributed by atoms with Crippen LogP contribution < -0.4 is 9.64 Å². The van der Waals surface area contributed by atoms with Gasteiger partial charge in [0.15, 0.2) is 5.65 Å². The van der Waals surface area contributed by atoms with Gasteiger partial charge >= 0.3 is 0 Å². The van der Waals surface area contributed by atoms with Gasteiger partial charge < -0.3 is 19.5 Å². The Morgan fingerprint density at radius 2 is 2.07 bits per heavy atom. The minimum absolute atomic E-state index is 0.0874. The van der Waals surface area contributed by atoms with Crippen molar-refractivity contribution in [3.8, 4) is 16.9 Å². The molecule has 1 N–H and O–H groups in total. The van der Waals surface area contributed by atoms with Crippen LogP contribution in [0, 0.1) is 13.8 Å². The number of aryl methyl sites for hydroxylation is 2. The highest BCUT2D eigenvalue weighted by Crippen LogP contribution is 2.37. The number of hydrogen-bond acceptors (Lipinski definition) is 6. The van der Waals surface area contributed by atoms with E-state index in [2.05, 4.69) is 24.8 Å². The number of ether oxygens (including phenoxy) is 2. The maximum Gasteiger partial charge on any atom is 0.165 e. The largest absolute Gasteiger partial charge is 0.497 e. The van der Waals surface area contributed by atoms with E-state index in [9.17, 15) is 5.11 Å². The van der Waals surface area contributed by atoms with Crippen LogP contribution in [0.15, 0.2) is 18.2 Å². The number of aliphatic hydroxyl groups is 1. The quantitative estimate of drug-likeness (QED) is 0.661. The molecule has 1 aliphatic heterocycles. The zero-order chi connectivity index (χ0) is 20.5. The lowest BCUT2D eigenvalue weighted by molar-refractivity contribution is 0.133. The summed E-state index contributed by atoms with van der Waals surface area (Å²) in [7, 11) is 1.68. The second kappa shape index (κ2) is 8.00.